The van der Waals surface area contributed by atoms with Crippen LogP contribution in [0.3, 0.4) is 0 Å². The minimum atomic E-state index is -4.59. The van der Waals surface area contributed by atoms with E-state index in [1.54, 1.807) is 12.1 Å². The van der Waals surface area contributed by atoms with Crippen LogP contribution in [0.1, 0.15) is 63.9 Å². The molecule has 1 aromatic carbocycles. The minimum Gasteiger partial charge on any atom is -0.352 e. The number of halogens is 5. The summed E-state index contributed by atoms with van der Waals surface area (Å²) >= 11 is 12.2. The lowest BCUT2D eigenvalue weighted by Gasteiger charge is -2.09. The molecule has 1 aliphatic carbocycles. The minimum absolute atomic E-state index is 0.0228. The molecule has 1 saturated carbocycles. The number of carbonyl (C=O) groups excluding carboxylic acids is 1. The highest BCUT2D eigenvalue weighted by atomic mass is 35.5. The molecule has 0 spiro atoms. The second-order valence-corrected chi connectivity index (χ2v) is 9.25. The van der Waals surface area contributed by atoms with E-state index >= 15 is 0 Å². The molecule has 3 aromatic rings. The maximum absolute atomic E-state index is 13.2. The third-order valence-electron chi connectivity index (χ3n) is 5.84. The molecule has 0 radical (unpaired) electrons. The Labute approximate surface area is 205 Å². The van der Waals surface area contributed by atoms with Gasteiger partial charge in [-0.1, -0.05) is 35.3 Å². The van der Waals surface area contributed by atoms with Gasteiger partial charge >= 0.3 is 6.18 Å². The highest BCUT2D eigenvalue weighted by Gasteiger charge is 2.41. The van der Waals surface area contributed by atoms with Crippen LogP contribution in [-0.2, 0) is 19.3 Å². The molecule has 11 heteroatoms. The van der Waals surface area contributed by atoms with Gasteiger partial charge in [0.15, 0.2) is 5.69 Å². The number of carbonyl (C=O) groups is 1. The first-order valence-electron chi connectivity index (χ1n) is 11.0. The summed E-state index contributed by atoms with van der Waals surface area (Å²) in [5.41, 5.74) is 2.53. The molecule has 1 fully saturated rings. The molecule has 4 rings (SSSR count). The van der Waals surface area contributed by atoms with Crippen molar-refractivity contribution in [3.05, 3.63) is 68.2 Å². The van der Waals surface area contributed by atoms with Crippen molar-refractivity contribution in [1.29, 1.82) is 0 Å². The van der Waals surface area contributed by atoms with Crippen LogP contribution in [0.15, 0.2) is 24.3 Å². The fraction of sp³-hybridized carbons (Fsp3) is 0.435. The number of hydrogen-bond acceptors (Lipinski definition) is 3. The number of rotatable bonds is 8. The van der Waals surface area contributed by atoms with Crippen molar-refractivity contribution in [2.75, 3.05) is 6.54 Å². The van der Waals surface area contributed by atoms with Crippen LogP contribution in [0, 0.1) is 13.8 Å². The molecule has 0 atom stereocenters. The van der Waals surface area contributed by atoms with Gasteiger partial charge in [0, 0.05) is 24.6 Å². The molecule has 2 aromatic heterocycles. The summed E-state index contributed by atoms with van der Waals surface area (Å²) in [5.74, 6) is -0.229. The highest BCUT2D eigenvalue weighted by Crippen LogP contribution is 2.46. The van der Waals surface area contributed by atoms with Crippen LogP contribution >= 0.6 is 23.2 Å². The summed E-state index contributed by atoms with van der Waals surface area (Å²) in [4.78, 5) is 12.5. The summed E-state index contributed by atoms with van der Waals surface area (Å²) in [6.07, 6.45) is -2.55. The molecule has 1 N–H and O–H groups in total. The van der Waals surface area contributed by atoms with Gasteiger partial charge in [-0.15, -0.1) is 0 Å². The number of hydrogen-bond donors (Lipinski definition) is 1. The van der Waals surface area contributed by atoms with Gasteiger partial charge in [0.1, 0.15) is 0 Å². The van der Waals surface area contributed by atoms with E-state index in [-0.39, 0.29) is 23.4 Å². The number of nitrogens with one attached hydrogen (secondary N) is 1. The third-order valence-corrected chi connectivity index (χ3v) is 6.76. The first-order valence-corrected chi connectivity index (χ1v) is 11.7. The standard InChI is InChI=1S/C23H24Cl2F3N5O/c1-13-18(24)14(2)33(30-13)12-15-4-6-17(7-5-15)22(34)29-10-3-11-32-20(16-8-9-16)19(25)21(31-32)23(26,27)28/h4-7,16H,3,8-12H2,1-2H3,(H,29,34). The van der Waals surface area contributed by atoms with Gasteiger partial charge in [0.25, 0.3) is 5.91 Å². The molecule has 1 amide bonds. The van der Waals surface area contributed by atoms with E-state index in [1.165, 1.54) is 4.68 Å². The fourth-order valence-electron chi connectivity index (χ4n) is 3.85. The molecular weight excluding hydrogens is 490 g/mol. The van der Waals surface area contributed by atoms with E-state index in [9.17, 15) is 18.0 Å². The van der Waals surface area contributed by atoms with Crippen molar-refractivity contribution in [2.24, 2.45) is 0 Å². The summed E-state index contributed by atoms with van der Waals surface area (Å²) in [7, 11) is 0. The van der Waals surface area contributed by atoms with Crippen LogP contribution < -0.4 is 5.32 Å². The summed E-state index contributed by atoms with van der Waals surface area (Å²) in [5, 5.41) is 11.3. The molecule has 0 aliphatic heterocycles. The largest absolute Gasteiger partial charge is 0.436 e. The number of amides is 1. The van der Waals surface area contributed by atoms with Crippen molar-refractivity contribution in [2.45, 2.75) is 58.3 Å². The quantitative estimate of drug-likeness (QED) is 0.389. The van der Waals surface area contributed by atoms with E-state index in [2.05, 4.69) is 15.5 Å². The summed E-state index contributed by atoms with van der Waals surface area (Å²) < 4.78 is 42.7. The Balaban J connectivity index is 1.31. The van der Waals surface area contributed by atoms with Gasteiger partial charge in [-0.25, -0.2) is 0 Å². The molecular formula is C23H24Cl2F3N5O. The lowest BCUT2D eigenvalue weighted by molar-refractivity contribution is -0.141. The Morgan fingerprint density at radius 1 is 1.09 bits per heavy atom. The smallest absolute Gasteiger partial charge is 0.352 e. The van der Waals surface area contributed by atoms with E-state index in [0.717, 1.165) is 29.8 Å². The Morgan fingerprint density at radius 3 is 2.32 bits per heavy atom. The van der Waals surface area contributed by atoms with Crippen LogP contribution in [0.2, 0.25) is 10.0 Å². The van der Waals surface area contributed by atoms with E-state index in [0.29, 0.717) is 35.8 Å². The fourth-order valence-corrected chi connectivity index (χ4v) is 4.38. The number of aromatic nitrogens is 4. The number of benzene rings is 1. The van der Waals surface area contributed by atoms with Crippen LogP contribution in [0.4, 0.5) is 13.2 Å². The second-order valence-electron chi connectivity index (χ2n) is 8.49. The van der Waals surface area contributed by atoms with Gasteiger partial charge in [-0.05, 0) is 50.8 Å². The number of nitrogens with zero attached hydrogens (tertiary/aromatic N) is 4. The highest BCUT2D eigenvalue weighted by molar-refractivity contribution is 6.32. The van der Waals surface area contributed by atoms with Gasteiger partial charge in [-0.3, -0.25) is 14.2 Å². The lowest BCUT2D eigenvalue weighted by Crippen LogP contribution is -2.25. The average molecular weight is 514 g/mol. The maximum atomic E-state index is 13.2. The van der Waals surface area contributed by atoms with E-state index in [1.807, 2.05) is 30.7 Å². The Bertz CT molecular complexity index is 1200. The van der Waals surface area contributed by atoms with Crippen LogP contribution in [0.25, 0.3) is 0 Å². The molecule has 1 aliphatic rings. The summed E-state index contributed by atoms with van der Waals surface area (Å²) in [6.45, 7) is 4.83. The molecule has 182 valence electrons. The van der Waals surface area contributed by atoms with Crippen LogP contribution in [-0.4, -0.2) is 32.0 Å². The first-order chi connectivity index (χ1) is 16.1. The zero-order chi connectivity index (χ0) is 24.6. The van der Waals surface area contributed by atoms with Gasteiger partial charge < -0.3 is 5.32 Å². The predicted octanol–water partition coefficient (Wildman–Crippen LogP) is 5.77. The SMILES string of the molecule is Cc1nn(Cc2ccc(C(=O)NCCCn3nc(C(F)(F)F)c(Cl)c3C3CC3)cc2)c(C)c1Cl. The third kappa shape index (κ3) is 5.25. The number of alkyl halides is 3. The normalized spacial score (nSPS) is 14.0. The van der Waals surface area contributed by atoms with E-state index in [4.69, 9.17) is 23.2 Å². The van der Waals surface area contributed by atoms with Gasteiger partial charge in [0.05, 0.1) is 33.7 Å². The average Bonchev–Trinajstić information content (AvgIpc) is 3.52. The van der Waals surface area contributed by atoms with Gasteiger partial charge in [-0.2, -0.15) is 23.4 Å². The Morgan fingerprint density at radius 2 is 1.76 bits per heavy atom. The van der Waals surface area contributed by atoms with Gasteiger partial charge in [0.2, 0.25) is 0 Å². The monoisotopic (exact) mass is 513 g/mol. The van der Waals surface area contributed by atoms with Crippen molar-refractivity contribution in [3.8, 4) is 0 Å². The molecule has 0 saturated heterocycles. The molecule has 6 nitrogen and oxygen atoms in total. The lowest BCUT2D eigenvalue weighted by atomic mass is 10.1. The molecule has 0 bridgehead atoms. The van der Waals surface area contributed by atoms with Crippen molar-refractivity contribution in [3.63, 3.8) is 0 Å². The summed E-state index contributed by atoms with van der Waals surface area (Å²) in [6, 6.07) is 7.16. The van der Waals surface area contributed by atoms with E-state index < -0.39 is 11.9 Å². The number of aryl methyl sites for hydroxylation is 2. The molecule has 34 heavy (non-hydrogen) atoms. The zero-order valence-corrected chi connectivity index (χ0v) is 20.2. The van der Waals surface area contributed by atoms with Crippen LogP contribution in [0.5, 0.6) is 0 Å². The Kier molecular flexibility index (Phi) is 6.96. The molecule has 2 heterocycles. The maximum Gasteiger partial charge on any atom is 0.436 e. The Hall–Kier alpha value is -2.52. The van der Waals surface area contributed by atoms with Crippen molar-refractivity contribution < 1.29 is 18.0 Å². The van der Waals surface area contributed by atoms with Crippen molar-refractivity contribution in [1.82, 2.24) is 24.9 Å². The topological polar surface area (TPSA) is 64.7 Å². The molecule has 0 unspecified atom stereocenters. The second kappa shape index (κ2) is 9.62. The first kappa shape index (κ1) is 24.6. The van der Waals surface area contributed by atoms with Crippen molar-refractivity contribution >= 4 is 29.1 Å². The zero-order valence-electron chi connectivity index (χ0n) is 18.7. The predicted molar refractivity (Wildman–Crippen MR) is 123 cm³/mol.